The highest BCUT2D eigenvalue weighted by Gasteiger charge is 2.47. The molecule has 3 aromatic rings. The van der Waals surface area contributed by atoms with E-state index in [1.54, 1.807) is 36.4 Å². The normalized spacial score (nSPS) is 18.4. The summed E-state index contributed by atoms with van der Waals surface area (Å²) in [7, 11) is 0. The molecule has 1 aromatic heterocycles. The SMILES string of the molecule is Cc1ccc([C@@H]2C[C@H](C(F)(F)F)n3ncc(C(=O)Nc4ccc(Cl)cc4)c3N2)cc1. The summed E-state index contributed by atoms with van der Waals surface area (Å²) in [6.07, 6.45) is -3.57. The fourth-order valence-corrected chi connectivity index (χ4v) is 3.60. The quantitative estimate of drug-likeness (QED) is 0.551. The molecule has 0 unspecified atom stereocenters. The number of benzene rings is 2. The summed E-state index contributed by atoms with van der Waals surface area (Å²) < 4.78 is 42.1. The minimum Gasteiger partial charge on any atom is -0.363 e. The summed E-state index contributed by atoms with van der Waals surface area (Å²) in [6.45, 7) is 1.91. The van der Waals surface area contributed by atoms with Crippen molar-refractivity contribution < 1.29 is 18.0 Å². The number of amides is 1. The van der Waals surface area contributed by atoms with Gasteiger partial charge >= 0.3 is 6.18 Å². The van der Waals surface area contributed by atoms with E-state index >= 15 is 0 Å². The molecule has 0 aliphatic carbocycles. The van der Waals surface area contributed by atoms with Crippen molar-refractivity contribution in [2.45, 2.75) is 31.6 Å². The summed E-state index contributed by atoms with van der Waals surface area (Å²) >= 11 is 5.84. The van der Waals surface area contributed by atoms with Crippen LogP contribution in [0.15, 0.2) is 54.7 Å². The number of aromatic nitrogens is 2. The van der Waals surface area contributed by atoms with Crippen molar-refractivity contribution >= 4 is 29.0 Å². The zero-order valence-electron chi connectivity index (χ0n) is 15.9. The van der Waals surface area contributed by atoms with Gasteiger partial charge in [-0.15, -0.1) is 0 Å². The van der Waals surface area contributed by atoms with Crippen molar-refractivity contribution in [1.29, 1.82) is 0 Å². The summed E-state index contributed by atoms with van der Waals surface area (Å²) in [5.41, 5.74) is 2.24. The van der Waals surface area contributed by atoms with Gasteiger partial charge in [0.05, 0.1) is 12.2 Å². The Morgan fingerprint density at radius 3 is 2.47 bits per heavy atom. The van der Waals surface area contributed by atoms with Crippen LogP contribution in [0.1, 0.15) is 40.0 Å². The minimum absolute atomic E-state index is 0.0380. The number of hydrogen-bond acceptors (Lipinski definition) is 3. The van der Waals surface area contributed by atoms with E-state index in [1.165, 1.54) is 0 Å². The number of nitrogens with zero attached hydrogens (tertiary/aromatic N) is 2. The minimum atomic E-state index is -4.50. The predicted octanol–water partition coefficient (Wildman–Crippen LogP) is 5.76. The molecule has 0 fully saturated rings. The van der Waals surface area contributed by atoms with E-state index in [2.05, 4.69) is 15.7 Å². The Balaban J connectivity index is 1.68. The fourth-order valence-electron chi connectivity index (χ4n) is 3.48. The van der Waals surface area contributed by atoms with Crippen molar-refractivity contribution in [2.75, 3.05) is 10.6 Å². The number of fused-ring (bicyclic) bond motifs is 1. The van der Waals surface area contributed by atoms with Crippen LogP contribution in [0, 0.1) is 6.92 Å². The predicted molar refractivity (Wildman–Crippen MR) is 109 cm³/mol. The third-order valence-corrected chi connectivity index (χ3v) is 5.32. The van der Waals surface area contributed by atoms with E-state index in [-0.39, 0.29) is 17.8 Å². The zero-order valence-corrected chi connectivity index (χ0v) is 16.6. The lowest BCUT2D eigenvalue weighted by molar-refractivity contribution is -0.173. The molecule has 2 aromatic carbocycles. The second-order valence-electron chi connectivity index (χ2n) is 7.21. The number of halogens is 4. The molecule has 1 amide bonds. The standard InChI is InChI=1S/C21H18ClF3N4O/c1-12-2-4-13(5-3-12)17-10-18(21(23,24)25)29-19(28-17)16(11-26-29)20(30)27-15-8-6-14(22)7-9-15/h2-9,11,17-18,28H,10H2,1H3,(H,27,30)/t17-,18+/m0/s1. The van der Waals surface area contributed by atoms with E-state index in [4.69, 9.17) is 11.6 Å². The summed E-state index contributed by atoms with van der Waals surface area (Å²) in [5, 5.41) is 10.1. The molecule has 1 aliphatic heterocycles. The largest absolute Gasteiger partial charge is 0.410 e. The molecule has 0 saturated heterocycles. The molecular weight excluding hydrogens is 417 g/mol. The van der Waals surface area contributed by atoms with Gasteiger partial charge in [0, 0.05) is 17.1 Å². The van der Waals surface area contributed by atoms with E-state index in [0.29, 0.717) is 16.3 Å². The highest BCUT2D eigenvalue weighted by molar-refractivity contribution is 6.30. The molecule has 0 saturated carbocycles. The maximum absolute atomic E-state index is 13.8. The Hall–Kier alpha value is -3.00. The third-order valence-electron chi connectivity index (χ3n) is 5.06. The Bertz CT molecular complexity index is 1060. The summed E-state index contributed by atoms with van der Waals surface area (Å²) in [5.74, 6) is -0.517. The molecule has 9 heteroatoms. The molecule has 4 rings (SSSR count). The second-order valence-corrected chi connectivity index (χ2v) is 7.65. The lowest BCUT2D eigenvalue weighted by atomic mass is 9.96. The van der Waals surface area contributed by atoms with E-state index in [9.17, 15) is 18.0 Å². The average Bonchev–Trinajstić information content (AvgIpc) is 3.13. The van der Waals surface area contributed by atoms with Crippen LogP contribution in [0.4, 0.5) is 24.7 Å². The maximum Gasteiger partial charge on any atom is 0.410 e. The molecule has 2 atom stereocenters. The lowest BCUT2D eigenvalue weighted by Crippen LogP contribution is -2.36. The van der Waals surface area contributed by atoms with Crippen molar-refractivity contribution in [3.8, 4) is 0 Å². The van der Waals surface area contributed by atoms with Gasteiger partial charge in [0.25, 0.3) is 5.91 Å². The van der Waals surface area contributed by atoms with Crippen molar-refractivity contribution in [3.63, 3.8) is 0 Å². The zero-order chi connectivity index (χ0) is 21.5. The van der Waals surface area contributed by atoms with E-state index in [0.717, 1.165) is 16.4 Å². The number of aryl methyl sites for hydroxylation is 1. The van der Waals surface area contributed by atoms with Gasteiger partial charge in [-0.25, -0.2) is 4.68 Å². The summed E-state index contributed by atoms with van der Waals surface area (Å²) in [4.78, 5) is 12.8. The third kappa shape index (κ3) is 4.00. The van der Waals surface area contributed by atoms with Gasteiger partial charge in [-0.05, 0) is 36.8 Å². The molecule has 2 N–H and O–H groups in total. The van der Waals surface area contributed by atoms with E-state index < -0.39 is 24.2 Å². The van der Waals surface area contributed by atoms with Crippen molar-refractivity contribution in [2.24, 2.45) is 0 Å². The average molecular weight is 435 g/mol. The van der Waals surface area contributed by atoms with Crippen molar-refractivity contribution in [1.82, 2.24) is 9.78 Å². The van der Waals surface area contributed by atoms with E-state index in [1.807, 2.05) is 19.1 Å². The number of carbonyl (C=O) groups is 1. The molecule has 0 bridgehead atoms. The smallest absolute Gasteiger partial charge is 0.363 e. The van der Waals surface area contributed by atoms with Crippen LogP contribution in [0.5, 0.6) is 0 Å². The first kappa shape index (κ1) is 20.3. The summed E-state index contributed by atoms with van der Waals surface area (Å²) in [6, 6.07) is 11.3. The number of hydrogen-bond donors (Lipinski definition) is 2. The van der Waals surface area contributed by atoms with Crippen LogP contribution >= 0.6 is 11.6 Å². The highest BCUT2D eigenvalue weighted by Crippen LogP contribution is 2.44. The molecule has 30 heavy (non-hydrogen) atoms. The number of nitrogens with one attached hydrogen (secondary N) is 2. The van der Waals surface area contributed by atoms with Gasteiger partial charge in [-0.1, -0.05) is 41.4 Å². The molecule has 0 spiro atoms. The maximum atomic E-state index is 13.8. The van der Waals surface area contributed by atoms with Crippen LogP contribution in [0.25, 0.3) is 0 Å². The first-order valence-electron chi connectivity index (χ1n) is 9.26. The molecule has 2 heterocycles. The molecule has 1 aliphatic rings. The van der Waals surface area contributed by atoms with Crippen LogP contribution < -0.4 is 10.6 Å². The van der Waals surface area contributed by atoms with Gasteiger partial charge in [0.2, 0.25) is 0 Å². The first-order chi connectivity index (χ1) is 14.2. The molecule has 156 valence electrons. The fraction of sp³-hybridized carbons (Fsp3) is 0.238. The Labute approximate surface area is 175 Å². The first-order valence-corrected chi connectivity index (χ1v) is 9.64. The molecular formula is C21H18ClF3N4O. The Morgan fingerprint density at radius 1 is 1.17 bits per heavy atom. The number of rotatable bonds is 3. The van der Waals surface area contributed by atoms with Gasteiger partial charge in [0.1, 0.15) is 11.4 Å². The van der Waals surface area contributed by atoms with Crippen LogP contribution in [-0.2, 0) is 0 Å². The molecule has 5 nitrogen and oxygen atoms in total. The lowest BCUT2D eigenvalue weighted by Gasteiger charge is -2.34. The van der Waals surface area contributed by atoms with Gasteiger partial charge < -0.3 is 10.6 Å². The van der Waals surface area contributed by atoms with Crippen molar-refractivity contribution in [3.05, 3.63) is 76.4 Å². The topological polar surface area (TPSA) is 59.0 Å². The molecule has 0 radical (unpaired) electrons. The van der Waals surface area contributed by atoms with Crippen LogP contribution in [-0.4, -0.2) is 21.9 Å². The number of carbonyl (C=O) groups excluding carboxylic acids is 1. The van der Waals surface area contributed by atoms with Gasteiger partial charge in [0.15, 0.2) is 6.04 Å². The second kappa shape index (κ2) is 7.68. The van der Waals surface area contributed by atoms with Gasteiger partial charge in [-0.3, -0.25) is 4.79 Å². The Morgan fingerprint density at radius 2 is 1.83 bits per heavy atom. The Kier molecular flexibility index (Phi) is 5.19. The number of anilines is 2. The van der Waals surface area contributed by atoms with Crippen LogP contribution in [0.3, 0.4) is 0 Å². The highest BCUT2D eigenvalue weighted by atomic mass is 35.5. The monoisotopic (exact) mass is 434 g/mol. The number of alkyl halides is 3. The van der Waals surface area contributed by atoms with Gasteiger partial charge in [-0.2, -0.15) is 18.3 Å². The van der Waals surface area contributed by atoms with Crippen LogP contribution in [0.2, 0.25) is 5.02 Å².